The molecule has 0 unspecified atom stereocenters. The number of nitro benzene ring substituents is 1. The van der Waals surface area contributed by atoms with Crippen LogP contribution in [-0.2, 0) is 14.3 Å². The van der Waals surface area contributed by atoms with Crippen LogP contribution in [0.3, 0.4) is 0 Å². The number of benzene rings is 1. The van der Waals surface area contributed by atoms with E-state index in [1.807, 2.05) is 0 Å². The molecule has 0 saturated carbocycles. The van der Waals surface area contributed by atoms with E-state index in [0.29, 0.717) is 17.3 Å². The summed E-state index contributed by atoms with van der Waals surface area (Å²) in [4.78, 5) is 46.3. The number of para-hydroxylation sites is 1. The average molecular weight is 348 g/mol. The van der Waals surface area contributed by atoms with Crippen molar-refractivity contribution in [1.82, 2.24) is 4.90 Å². The first-order valence-electron chi connectivity index (χ1n) is 6.66. The number of imide groups is 1. The molecule has 124 valence electrons. The zero-order valence-electron chi connectivity index (χ0n) is 12.5. The number of hydrogen-bond acceptors (Lipinski definition) is 7. The molecule has 2 rings (SSSR count). The van der Waals surface area contributed by atoms with Crippen LogP contribution in [-0.4, -0.2) is 40.6 Å². The molecule has 1 saturated heterocycles. The van der Waals surface area contributed by atoms with Gasteiger partial charge < -0.3 is 4.74 Å². The highest BCUT2D eigenvalue weighted by atomic mass is 32.2. The summed E-state index contributed by atoms with van der Waals surface area (Å²) in [7, 11) is 1.16. The normalized spacial score (nSPS) is 16.2. The average Bonchev–Trinajstić information content (AvgIpc) is 2.82. The second-order valence-corrected chi connectivity index (χ2v) is 5.53. The quantitative estimate of drug-likeness (QED) is 0.348. The summed E-state index contributed by atoms with van der Waals surface area (Å²) in [5.41, 5.74) is 0.300. The molecule has 1 aliphatic heterocycles. The third-order valence-electron chi connectivity index (χ3n) is 3.05. The van der Waals surface area contributed by atoms with Gasteiger partial charge in [0.1, 0.15) is 6.54 Å². The van der Waals surface area contributed by atoms with Gasteiger partial charge in [0.15, 0.2) is 0 Å². The van der Waals surface area contributed by atoms with Gasteiger partial charge in [-0.15, -0.1) is 0 Å². The van der Waals surface area contributed by atoms with Gasteiger partial charge in [-0.25, -0.2) is 0 Å². The van der Waals surface area contributed by atoms with E-state index in [9.17, 15) is 24.5 Å². The number of rotatable bonds is 5. The lowest BCUT2D eigenvalue weighted by molar-refractivity contribution is -0.385. The van der Waals surface area contributed by atoms with E-state index in [-0.39, 0.29) is 10.6 Å². The molecule has 0 atom stereocenters. The summed E-state index contributed by atoms with van der Waals surface area (Å²) in [6, 6.07) is 6.12. The third kappa shape index (κ3) is 3.87. The Morgan fingerprint density at radius 2 is 2.08 bits per heavy atom. The minimum atomic E-state index is -0.700. The molecule has 0 N–H and O–H groups in total. The molecular formula is C15H12N2O6S. The summed E-state index contributed by atoms with van der Waals surface area (Å²) >= 11 is 0.686. The van der Waals surface area contributed by atoms with Gasteiger partial charge in [-0.2, -0.15) is 0 Å². The molecule has 0 bridgehead atoms. The summed E-state index contributed by atoms with van der Waals surface area (Å²) in [6.45, 7) is -0.452. The number of amides is 2. The molecule has 1 aromatic carbocycles. The van der Waals surface area contributed by atoms with Crippen molar-refractivity contribution < 1.29 is 24.0 Å². The molecule has 9 heteroatoms. The summed E-state index contributed by atoms with van der Waals surface area (Å²) in [5, 5.41) is 10.3. The fraction of sp³-hybridized carbons (Fsp3) is 0.133. The molecule has 2 amide bonds. The Balaban J connectivity index is 2.16. The van der Waals surface area contributed by atoms with E-state index in [1.165, 1.54) is 24.3 Å². The van der Waals surface area contributed by atoms with E-state index >= 15 is 0 Å². The summed E-state index contributed by atoms with van der Waals surface area (Å²) in [5.74, 6) is -1.31. The van der Waals surface area contributed by atoms with Gasteiger partial charge in [0.2, 0.25) is 0 Å². The second kappa shape index (κ2) is 7.55. The number of esters is 1. The number of methoxy groups -OCH3 is 1. The van der Waals surface area contributed by atoms with Gasteiger partial charge in [-0.3, -0.25) is 29.4 Å². The largest absolute Gasteiger partial charge is 0.468 e. The highest BCUT2D eigenvalue weighted by molar-refractivity contribution is 8.18. The Labute approximate surface area is 140 Å². The molecule has 8 nitrogen and oxygen atoms in total. The lowest BCUT2D eigenvalue weighted by Crippen LogP contribution is -2.34. The molecule has 1 aromatic rings. The zero-order valence-corrected chi connectivity index (χ0v) is 13.3. The lowest BCUT2D eigenvalue weighted by Gasteiger charge is -2.09. The van der Waals surface area contributed by atoms with Crippen molar-refractivity contribution in [1.29, 1.82) is 0 Å². The Morgan fingerprint density at radius 1 is 1.38 bits per heavy atom. The van der Waals surface area contributed by atoms with Gasteiger partial charge in [0, 0.05) is 6.07 Å². The summed E-state index contributed by atoms with van der Waals surface area (Å²) < 4.78 is 4.43. The van der Waals surface area contributed by atoms with Crippen LogP contribution in [0.5, 0.6) is 0 Å². The number of hydrogen-bond donors (Lipinski definition) is 0. The minimum absolute atomic E-state index is 0.0686. The number of allylic oxidation sites excluding steroid dienone is 2. The molecular weight excluding hydrogens is 336 g/mol. The van der Waals surface area contributed by atoms with E-state index in [1.54, 1.807) is 18.2 Å². The first kappa shape index (κ1) is 17.4. The molecule has 0 aliphatic carbocycles. The number of nitrogens with zero attached hydrogens (tertiary/aromatic N) is 2. The van der Waals surface area contributed by atoms with Gasteiger partial charge in [-0.05, 0) is 30.0 Å². The highest BCUT2D eigenvalue weighted by Crippen LogP contribution is 2.30. The number of carbonyl (C=O) groups is 3. The Kier molecular flexibility index (Phi) is 5.48. The number of thioether (sulfide) groups is 1. The smallest absolute Gasteiger partial charge is 0.325 e. The van der Waals surface area contributed by atoms with Crippen LogP contribution in [0.4, 0.5) is 10.5 Å². The first-order chi connectivity index (χ1) is 11.4. The fourth-order valence-corrected chi connectivity index (χ4v) is 2.67. The highest BCUT2D eigenvalue weighted by Gasteiger charge is 2.36. The maximum atomic E-state index is 12.1. The van der Waals surface area contributed by atoms with E-state index < -0.39 is 28.6 Å². The van der Waals surface area contributed by atoms with Crippen molar-refractivity contribution in [2.24, 2.45) is 0 Å². The van der Waals surface area contributed by atoms with Gasteiger partial charge in [0.05, 0.1) is 22.5 Å². The lowest BCUT2D eigenvalue weighted by atomic mass is 10.1. The number of nitro groups is 1. The minimum Gasteiger partial charge on any atom is -0.468 e. The van der Waals surface area contributed by atoms with Crippen LogP contribution in [0.15, 0.2) is 41.3 Å². The van der Waals surface area contributed by atoms with Crippen molar-refractivity contribution in [3.8, 4) is 0 Å². The molecule has 1 aliphatic rings. The van der Waals surface area contributed by atoms with Crippen molar-refractivity contribution in [2.75, 3.05) is 13.7 Å². The number of ether oxygens (including phenoxy) is 1. The molecule has 1 heterocycles. The van der Waals surface area contributed by atoms with E-state index in [2.05, 4.69) is 4.74 Å². The van der Waals surface area contributed by atoms with E-state index in [4.69, 9.17) is 0 Å². The molecule has 24 heavy (non-hydrogen) atoms. The Hall–Kier alpha value is -2.94. The predicted octanol–water partition coefficient (Wildman–Crippen LogP) is 2.36. The van der Waals surface area contributed by atoms with Crippen LogP contribution in [0.25, 0.3) is 6.08 Å². The van der Waals surface area contributed by atoms with Gasteiger partial charge >= 0.3 is 5.97 Å². The monoisotopic (exact) mass is 348 g/mol. The molecule has 0 aromatic heterocycles. The van der Waals surface area contributed by atoms with Crippen molar-refractivity contribution in [2.45, 2.75) is 0 Å². The van der Waals surface area contributed by atoms with Crippen molar-refractivity contribution in [3.63, 3.8) is 0 Å². The number of carbonyl (C=O) groups excluding carboxylic acids is 3. The Bertz CT molecular complexity index is 771. The topological polar surface area (TPSA) is 107 Å². The standard InChI is InChI=1S/C15H12N2O6S/c1-23-13(18)9-16-14(19)12(24-15(16)20)8-4-6-10-5-2-3-7-11(10)17(21)22/h2-8H,9H2,1H3/b6-4+,12-8-. The molecule has 0 radical (unpaired) electrons. The van der Waals surface area contributed by atoms with Crippen LogP contribution in [0.2, 0.25) is 0 Å². The Morgan fingerprint density at radius 3 is 2.75 bits per heavy atom. The SMILES string of the molecule is COC(=O)CN1C(=O)S/C(=C\C=C\c2ccccc2[N+](=O)[O-])C1=O. The predicted molar refractivity (Wildman–Crippen MR) is 86.9 cm³/mol. The maximum Gasteiger partial charge on any atom is 0.325 e. The summed E-state index contributed by atoms with van der Waals surface area (Å²) in [6.07, 6.45) is 4.28. The van der Waals surface area contributed by atoms with Crippen LogP contribution in [0, 0.1) is 10.1 Å². The van der Waals surface area contributed by atoms with Gasteiger partial charge in [-0.1, -0.05) is 18.2 Å². The third-order valence-corrected chi connectivity index (χ3v) is 3.97. The van der Waals surface area contributed by atoms with Crippen LogP contribution < -0.4 is 0 Å². The second-order valence-electron chi connectivity index (χ2n) is 4.54. The fourth-order valence-electron chi connectivity index (χ4n) is 1.88. The van der Waals surface area contributed by atoms with Crippen molar-refractivity contribution >= 4 is 40.6 Å². The van der Waals surface area contributed by atoms with Crippen LogP contribution >= 0.6 is 11.8 Å². The molecule has 0 spiro atoms. The molecule has 1 fully saturated rings. The maximum absolute atomic E-state index is 12.1. The van der Waals surface area contributed by atoms with E-state index in [0.717, 1.165) is 12.0 Å². The first-order valence-corrected chi connectivity index (χ1v) is 7.48. The van der Waals surface area contributed by atoms with Crippen LogP contribution in [0.1, 0.15) is 5.56 Å². The zero-order chi connectivity index (χ0) is 17.7. The van der Waals surface area contributed by atoms with Gasteiger partial charge in [0.25, 0.3) is 16.8 Å². The van der Waals surface area contributed by atoms with Crippen molar-refractivity contribution in [3.05, 3.63) is 57.0 Å².